The lowest BCUT2D eigenvalue weighted by Gasteiger charge is -2.19. The molecule has 1 aliphatic rings. The van der Waals surface area contributed by atoms with Gasteiger partial charge in [-0.3, -0.25) is 19.0 Å². The van der Waals surface area contributed by atoms with Crippen molar-refractivity contribution < 1.29 is 19.8 Å². The highest BCUT2D eigenvalue weighted by Crippen LogP contribution is 2.38. The molecule has 0 saturated heterocycles. The first-order valence-electron chi connectivity index (χ1n) is 11.7. The van der Waals surface area contributed by atoms with Crippen LogP contribution in [0.15, 0.2) is 81.8 Å². The Balaban J connectivity index is 1.59. The predicted octanol–water partition coefficient (Wildman–Crippen LogP) is 4.87. The third-order valence-electron chi connectivity index (χ3n) is 6.52. The second kappa shape index (κ2) is 9.59. The van der Waals surface area contributed by atoms with Gasteiger partial charge in [-0.15, -0.1) is 10.2 Å². The summed E-state index contributed by atoms with van der Waals surface area (Å²) in [6, 6.07) is 20.0. The molecule has 1 heterocycles. The van der Waals surface area contributed by atoms with Gasteiger partial charge in [0, 0.05) is 23.2 Å². The summed E-state index contributed by atoms with van der Waals surface area (Å²) in [5.41, 5.74) is 0.197. The van der Waals surface area contributed by atoms with Crippen LogP contribution in [-0.2, 0) is 13.0 Å². The average Bonchev–Trinajstić information content (AvgIpc) is 2.92. The molecule has 0 atom stereocenters. The molecule has 9 nitrogen and oxygen atoms in total. The Morgan fingerprint density at radius 1 is 0.842 bits per heavy atom. The van der Waals surface area contributed by atoms with E-state index in [1.165, 1.54) is 37.3 Å². The molecule has 0 fully saturated rings. The van der Waals surface area contributed by atoms with Crippen LogP contribution >= 0.6 is 0 Å². The number of hydrogen-bond acceptors (Lipinski definition) is 8. The minimum absolute atomic E-state index is 0.0362. The third-order valence-corrected chi connectivity index (χ3v) is 6.52. The number of nitriles is 1. The largest absolute Gasteiger partial charge is 0.507 e. The van der Waals surface area contributed by atoms with Gasteiger partial charge in [0.1, 0.15) is 17.4 Å². The maximum atomic E-state index is 13.3. The monoisotopic (exact) mass is 504 g/mol. The number of carbonyl (C=O) groups is 2. The minimum atomic E-state index is -0.651. The lowest BCUT2D eigenvalue weighted by Crippen LogP contribution is -2.24. The first kappa shape index (κ1) is 24.3. The highest BCUT2D eigenvalue weighted by Gasteiger charge is 2.33. The molecule has 9 heteroatoms. The molecule has 0 bridgehead atoms. The minimum Gasteiger partial charge on any atom is -0.507 e. The Morgan fingerprint density at radius 3 is 2.24 bits per heavy atom. The van der Waals surface area contributed by atoms with Crippen molar-refractivity contribution in [2.75, 3.05) is 0 Å². The van der Waals surface area contributed by atoms with Crippen molar-refractivity contribution in [1.82, 2.24) is 4.57 Å². The number of benzene rings is 3. The average molecular weight is 505 g/mol. The zero-order valence-electron chi connectivity index (χ0n) is 20.2. The number of hydrogen-bond donors (Lipinski definition) is 2. The number of aryl methyl sites for hydroxylation is 1. The predicted molar refractivity (Wildman–Crippen MR) is 138 cm³/mol. The quantitative estimate of drug-likeness (QED) is 0.327. The Bertz CT molecular complexity index is 1760. The fourth-order valence-electron chi connectivity index (χ4n) is 4.54. The van der Waals surface area contributed by atoms with Gasteiger partial charge < -0.3 is 10.2 Å². The first-order valence-corrected chi connectivity index (χ1v) is 11.7. The molecule has 186 valence electrons. The van der Waals surface area contributed by atoms with E-state index in [-0.39, 0.29) is 57.0 Å². The summed E-state index contributed by atoms with van der Waals surface area (Å²) in [5, 5.41) is 39.1. The standard InChI is InChI=1S/C29H20N4O5/c1-16-20(15-30)28(37)33(14-13-17-7-3-2-4-8-17)29(38)25(16)32-31-21-11-5-9-18-23(21)27(36)24-19(26(18)35)10-6-12-22(24)34/h2-12,34,38H,13-14H2,1H3/b32-31+. The Labute approximate surface area is 216 Å². The van der Waals surface area contributed by atoms with E-state index < -0.39 is 23.0 Å². The SMILES string of the molecule is Cc1c(/N=N/c2cccc3c2C(=O)c2c(O)cccc2C3=O)c(O)n(CCc2ccccc2)c(=O)c1C#N. The van der Waals surface area contributed by atoms with Gasteiger partial charge in [-0.2, -0.15) is 5.26 Å². The lowest BCUT2D eigenvalue weighted by atomic mass is 9.83. The summed E-state index contributed by atoms with van der Waals surface area (Å²) in [5.74, 6) is -1.83. The van der Waals surface area contributed by atoms with E-state index in [1.807, 2.05) is 36.4 Å². The molecule has 2 N–H and O–H groups in total. The molecule has 3 aromatic carbocycles. The van der Waals surface area contributed by atoms with Gasteiger partial charge in [-0.25, -0.2) is 0 Å². The van der Waals surface area contributed by atoms with Crippen molar-refractivity contribution in [2.24, 2.45) is 10.2 Å². The normalized spacial score (nSPS) is 12.3. The fourth-order valence-corrected chi connectivity index (χ4v) is 4.54. The van der Waals surface area contributed by atoms with Crippen LogP contribution in [0.3, 0.4) is 0 Å². The van der Waals surface area contributed by atoms with Crippen LogP contribution in [0.25, 0.3) is 0 Å². The van der Waals surface area contributed by atoms with Crippen LogP contribution in [0.5, 0.6) is 11.6 Å². The number of aromatic hydroxyl groups is 2. The van der Waals surface area contributed by atoms with Crippen molar-refractivity contribution in [1.29, 1.82) is 5.26 Å². The highest BCUT2D eigenvalue weighted by molar-refractivity contribution is 6.30. The van der Waals surface area contributed by atoms with E-state index >= 15 is 0 Å². The van der Waals surface area contributed by atoms with Crippen molar-refractivity contribution in [2.45, 2.75) is 19.9 Å². The number of aromatic nitrogens is 1. The summed E-state index contributed by atoms with van der Waals surface area (Å²) < 4.78 is 1.07. The molecule has 5 rings (SSSR count). The van der Waals surface area contributed by atoms with Gasteiger partial charge >= 0.3 is 0 Å². The Morgan fingerprint density at radius 2 is 1.53 bits per heavy atom. The summed E-state index contributed by atoms with van der Waals surface area (Å²) in [7, 11) is 0. The van der Waals surface area contributed by atoms with E-state index in [0.717, 1.165) is 10.1 Å². The van der Waals surface area contributed by atoms with Gasteiger partial charge in [0.2, 0.25) is 5.88 Å². The van der Waals surface area contributed by atoms with Crippen LogP contribution in [0.1, 0.15) is 48.5 Å². The van der Waals surface area contributed by atoms with Crippen LogP contribution < -0.4 is 5.56 Å². The van der Waals surface area contributed by atoms with Gasteiger partial charge in [0.05, 0.1) is 16.8 Å². The topological polar surface area (TPSA) is 145 Å². The molecule has 0 unspecified atom stereocenters. The van der Waals surface area contributed by atoms with Crippen molar-refractivity contribution >= 4 is 22.9 Å². The number of pyridine rings is 1. The third kappa shape index (κ3) is 3.94. The maximum absolute atomic E-state index is 13.3. The number of ketones is 2. The molecule has 4 aromatic rings. The lowest BCUT2D eigenvalue weighted by molar-refractivity contribution is 0.0977. The fraction of sp³-hybridized carbons (Fsp3) is 0.103. The second-order valence-electron chi connectivity index (χ2n) is 8.73. The Hall–Kier alpha value is -5.36. The van der Waals surface area contributed by atoms with E-state index in [2.05, 4.69) is 10.2 Å². The molecule has 0 amide bonds. The summed E-state index contributed by atoms with van der Waals surface area (Å²) in [6.45, 7) is 1.56. The number of phenols is 1. The summed E-state index contributed by atoms with van der Waals surface area (Å²) in [4.78, 5) is 39.3. The molecule has 0 aliphatic heterocycles. The van der Waals surface area contributed by atoms with Crippen LogP contribution in [0.4, 0.5) is 11.4 Å². The van der Waals surface area contributed by atoms with E-state index in [1.54, 1.807) is 6.07 Å². The van der Waals surface area contributed by atoms with Crippen molar-refractivity contribution in [3.05, 3.63) is 116 Å². The van der Waals surface area contributed by atoms with E-state index in [4.69, 9.17) is 0 Å². The van der Waals surface area contributed by atoms with Crippen LogP contribution in [0.2, 0.25) is 0 Å². The molecular formula is C29H20N4O5. The van der Waals surface area contributed by atoms with Crippen LogP contribution in [0, 0.1) is 18.3 Å². The van der Waals surface area contributed by atoms with E-state index in [0.29, 0.717) is 6.42 Å². The summed E-state index contributed by atoms with van der Waals surface area (Å²) >= 11 is 0. The van der Waals surface area contributed by atoms with E-state index in [9.17, 15) is 29.9 Å². The zero-order chi connectivity index (χ0) is 27.0. The molecule has 38 heavy (non-hydrogen) atoms. The second-order valence-corrected chi connectivity index (χ2v) is 8.73. The highest BCUT2D eigenvalue weighted by atomic mass is 16.3. The molecule has 0 spiro atoms. The molecular weight excluding hydrogens is 484 g/mol. The van der Waals surface area contributed by atoms with Crippen LogP contribution in [-0.4, -0.2) is 26.3 Å². The first-order chi connectivity index (χ1) is 18.3. The number of carbonyl (C=O) groups excluding carboxylic acids is 2. The van der Waals surface area contributed by atoms with Gasteiger partial charge in [0.25, 0.3) is 5.56 Å². The van der Waals surface area contributed by atoms with Gasteiger partial charge in [0.15, 0.2) is 17.3 Å². The molecule has 1 aliphatic carbocycles. The Kier molecular flexibility index (Phi) is 6.15. The molecule has 0 saturated carbocycles. The van der Waals surface area contributed by atoms with Gasteiger partial charge in [-0.05, 0) is 31.0 Å². The zero-order valence-corrected chi connectivity index (χ0v) is 20.2. The number of nitrogens with zero attached hydrogens (tertiary/aromatic N) is 4. The number of azo groups is 1. The maximum Gasteiger partial charge on any atom is 0.271 e. The molecule has 0 radical (unpaired) electrons. The summed E-state index contributed by atoms with van der Waals surface area (Å²) in [6.07, 6.45) is 0.421. The molecule has 1 aromatic heterocycles. The number of phenolic OH excluding ortho intramolecular Hbond substituents is 1. The smallest absolute Gasteiger partial charge is 0.271 e. The number of rotatable bonds is 5. The van der Waals surface area contributed by atoms with Gasteiger partial charge in [-0.1, -0.05) is 54.6 Å². The van der Waals surface area contributed by atoms with Crippen molar-refractivity contribution in [3.8, 4) is 17.7 Å². The number of fused-ring (bicyclic) bond motifs is 2. The van der Waals surface area contributed by atoms with Crippen molar-refractivity contribution in [3.63, 3.8) is 0 Å².